The van der Waals surface area contributed by atoms with E-state index in [1.54, 1.807) is 6.20 Å². The Kier molecular flexibility index (Phi) is 5.46. The zero-order chi connectivity index (χ0) is 18.7. The van der Waals surface area contributed by atoms with Crippen LogP contribution in [0.25, 0.3) is 0 Å². The van der Waals surface area contributed by atoms with Gasteiger partial charge in [-0.15, -0.1) is 0 Å². The lowest BCUT2D eigenvalue weighted by Gasteiger charge is -2.41. The SMILES string of the molecule is CC[C@@]1(CO)CCCN(C(=O)c2cc(Cn3ccnc3C(C)C)[nH]n2)C1. The van der Waals surface area contributed by atoms with Crippen molar-refractivity contribution in [2.45, 2.75) is 52.5 Å². The summed E-state index contributed by atoms with van der Waals surface area (Å²) >= 11 is 0. The highest BCUT2D eigenvalue weighted by Crippen LogP contribution is 2.33. The third-order valence-electron chi connectivity index (χ3n) is 5.49. The Labute approximate surface area is 154 Å². The molecule has 0 bridgehead atoms. The van der Waals surface area contributed by atoms with Gasteiger partial charge in [-0.25, -0.2) is 4.98 Å². The van der Waals surface area contributed by atoms with Gasteiger partial charge in [0.15, 0.2) is 0 Å². The molecule has 0 spiro atoms. The Balaban J connectivity index is 1.71. The largest absolute Gasteiger partial charge is 0.396 e. The maximum Gasteiger partial charge on any atom is 0.274 e. The van der Waals surface area contributed by atoms with Crippen LogP contribution < -0.4 is 0 Å². The molecule has 1 aliphatic rings. The number of aliphatic hydroxyl groups excluding tert-OH is 1. The van der Waals surface area contributed by atoms with Crippen LogP contribution in [0.5, 0.6) is 0 Å². The van der Waals surface area contributed by atoms with Gasteiger partial charge < -0.3 is 14.6 Å². The van der Waals surface area contributed by atoms with Crippen molar-refractivity contribution in [3.63, 3.8) is 0 Å². The third-order valence-corrected chi connectivity index (χ3v) is 5.49. The number of aromatic amines is 1. The van der Waals surface area contributed by atoms with Crippen molar-refractivity contribution in [2.24, 2.45) is 5.41 Å². The average Bonchev–Trinajstić information content (AvgIpc) is 3.31. The molecule has 1 aliphatic heterocycles. The van der Waals surface area contributed by atoms with Crippen LogP contribution in [0.1, 0.15) is 68.0 Å². The lowest BCUT2D eigenvalue weighted by molar-refractivity contribution is 0.0248. The minimum atomic E-state index is -0.171. The molecule has 1 saturated heterocycles. The number of H-pyrrole nitrogens is 1. The Hall–Kier alpha value is -2.15. The summed E-state index contributed by atoms with van der Waals surface area (Å²) in [7, 11) is 0. The first-order chi connectivity index (χ1) is 12.5. The maximum atomic E-state index is 12.9. The zero-order valence-electron chi connectivity index (χ0n) is 15.9. The Bertz CT molecular complexity index is 745. The minimum absolute atomic E-state index is 0.0619. The van der Waals surface area contributed by atoms with Crippen LogP contribution in [0, 0.1) is 5.41 Å². The molecule has 2 aromatic rings. The third kappa shape index (κ3) is 3.67. The quantitative estimate of drug-likeness (QED) is 0.829. The second-order valence-electron chi connectivity index (χ2n) is 7.69. The molecule has 7 nitrogen and oxygen atoms in total. The Morgan fingerprint density at radius 3 is 2.96 bits per heavy atom. The van der Waals surface area contributed by atoms with E-state index >= 15 is 0 Å². The molecular weight excluding hydrogens is 330 g/mol. The molecule has 0 aromatic carbocycles. The van der Waals surface area contributed by atoms with E-state index in [0.717, 1.165) is 37.3 Å². The predicted molar refractivity (Wildman–Crippen MR) is 99.0 cm³/mol. The number of amides is 1. The molecule has 0 aliphatic carbocycles. The lowest BCUT2D eigenvalue weighted by atomic mass is 9.78. The smallest absolute Gasteiger partial charge is 0.274 e. The number of hydrogen-bond acceptors (Lipinski definition) is 4. The number of piperidine rings is 1. The van der Waals surface area contributed by atoms with E-state index in [9.17, 15) is 9.90 Å². The van der Waals surface area contributed by atoms with Crippen molar-refractivity contribution < 1.29 is 9.90 Å². The molecule has 1 amide bonds. The number of carbonyl (C=O) groups is 1. The zero-order valence-corrected chi connectivity index (χ0v) is 15.9. The van der Waals surface area contributed by atoms with E-state index in [2.05, 4.69) is 40.5 Å². The van der Waals surface area contributed by atoms with Gasteiger partial charge in [-0.05, 0) is 25.3 Å². The van der Waals surface area contributed by atoms with E-state index < -0.39 is 0 Å². The summed E-state index contributed by atoms with van der Waals surface area (Å²) < 4.78 is 2.07. The van der Waals surface area contributed by atoms with Gasteiger partial charge in [0, 0.05) is 36.8 Å². The summed E-state index contributed by atoms with van der Waals surface area (Å²) in [6.45, 7) is 8.35. The lowest BCUT2D eigenvalue weighted by Crippen LogP contribution is -2.47. The van der Waals surface area contributed by atoms with E-state index in [-0.39, 0.29) is 17.9 Å². The van der Waals surface area contributed by atoms with Gasteiger partial charge in [0.1, 0.15) is 11.5 Å². The molecule has 142 valence electrons. The first-order valence-corrected chi connectivity index (χ1v) is 9.43. The maximum absolute atomic E-state index is 12.9. The number of nitrogens with one attached hydrogen (secondary N) is 1. The van der Waals surface area contributed by atoms with Gasteiger partial charge in [-0.2, -0.15) is 5.10 Å². The van der Waals surface area contributed by atoms with Crippen LogP contribution in [0.3, 0.4) is 0 Å². The predicted octanol–water partition coefficient (Wildman–Crippen LogP) is 2.40. The monoisotopic (exact) mass is 359 g/mol. The number of nitrogens with zero attached hydrogens (tertiary/aromatic N) is 4. The molecule has 2 aromatic heterocycles. The number of imidazole rings is 1. The summed E-state index contributed by atoms with van der Waals surface area (Å²) in [5.41, 5.74) is 1.15. The number of likely N-dealkylation sites (tertiary alicyclic amines) is 1. The molecule has 1 atom stereocenters. The molecule has 3 rings (SSSR count). The molecule has 0 radical (unpaired) electrons. The number of rotatable bonds is 6. The first kappa shape index (κ1) is 18.6. The fourth-order valence-electron chi connectivity index (χ4n) is 3.76. The second-order valence-corrected chi connectivity index (χ2v) is 7.69. The highest BCUT2D eigenvalue weighted by molar-refractivity contribution is 5.92. The van der Waals surface area contributed by atoms with E-state index in [1.165, 1.54) is 0 Å². The molecule has 26 heavy (non-hydrogen) atoms. The number of carbonyl (C=O) groups excluding carboxylic acids is 1. The standard InChI is InChI=1S/C19H29N5O2/c1-4-19(13-25)6-5-8-24(12-19)18(26)16-10-15(21-22-16)11-23-9-7-20-17(23)14(2)3/h7,9-10,14,25H,4-6,8,11-13H2,1-3H3,(H,21,22)/t19-/m1/s1. The number of aliphatic hydroxyl groups is 1. The van der Waals surface area contributed by atoms with Gasteiger partial charge in [0.05, 0.1) is 18.8 Å². The van der Waals surface area contributed by atoms with Crippen molar-refractivity contribution in [1.29, 1.82) is 0 Å². The van der Waals surface area contributed by atoms with Crippen molar-refractivity contribution in [3.8, 4) is 0 Å². The second kappa shape index (κ2) is 7.61. The fraction of sp³-hybridized carbons (Fsp3) is 0.632. The van der Waals surface area contributed by atoms with Crippen molar-refractivity contribution in [3.05, 3.63) is 35.7 Å². The molecule has 1 fully saturated rings. The molecule has 2 N–H and O–H groups in total. The van der Waals surface area contributed by atoms with Gasteiger partial charge in [-0.1, -0.05) is 20.8 Å². The van der Waals surface area contributed by atoms with Crippen LogP contribution in [0.2, 0.25) is 0 Å². The highest BCUT2D eigenvalue weighted by Gasteiger charge is 2.36. The van der Waals surface area contributed by atoms with Gasteiger partial charge in [0.25, 0.3) is 5.91 Å². The Morgan fingerprint density at radius 1 is 1.46 bits per heavy atom. The molecule has 7 heteroatoms. The Morgan fingerprint density at radius 2 is 2.27 bits per heavy atom. The van der Waals surface area contributed by atoms with Crippen LogP contribution in [-0.2, 0) is 6.54 Å². The summed E-state index contributed by atoms with van der Waals surface area (Å²) in [6, 6.07) is 1.83. The van der Waals surface area contributed by atoms with E-state index in [1.807, 2.05) is 17.2 Å². The summed E-state index contributed by atoms with van der Waals surface area (Å²) in [4.78, 5) is 19.1. The molecular formula is C19H29N5O2. The summed E-state index contributed by atoms with van der Waals surface area (Å²) in [5, 5.41) is 17.0. The topological polar surface area (TPSA) is 87.0 Å². The van der Waals surface area contributed by atoms with Crippen LogP contribution in [-0.4, -0.2) is 55.4 Å². The van der Waals surface area contributed by atoms with Gasteiger partial charge in [0.2, 0.25) is 0 Å². The molecule has 3 heterocycles. The number of aromatic nitrogens is 4. The van der Waals surface area contributed by atoms with Crippen molar-refractivity contribution >= 4 is 5.91 Å². The molecule has 0 saturated carbocycles. The number of hydrogen-bond donors (Lipinski definition) is 2. The summed E-state index contributed by atoms with van der Waals surface area (Å²) in [6.07, 6.45) is 6.50. The van der Waals surface area contributed by atoms with Crippen LogP contribution >= 0.6 is 0 Å². The molecule has 0 unspecified atom stereocenters. The minimum Gasteiger partial charge on any atom is -0.396 e. The van der Waals surface area contributed by atoms with Crippen molar-refractivity contribution in [1.82, 2.24) is 24.6 Å². The van der Waals surface area contributed by atoms with E-state index in [4.69, 9.17) is 0 Å². The van der Waals surface area contributed by atoms with E-state index in [0.29, 0.717) is 24.7 Å². The van der Waals surface area contributed by atoms with Gasteiger partial charge >= 0.3 is 0 Å². The normalized spacial score (nSPS) is 20.7. The van der Waals surface area contributed by atoms with Crippen molar-refractivity contribution in [2.75, 3.05) is 19.7 Å². The average molecular weight is 359 g/mol. The van der Waals surface area contributed by atoms with Gasteiger partial charge in [-0.3, -0.25) is 9.89 Å². The van der Waals surface area contributed by atoms with Crippen LogP contribution in [0.15, 0.2) is 18.5 Å². The summed E-state index contributed by atoms with van der Waals surface area (Å²) in [5.74, 6) is 1.29. The van der Waals surface area contributed by atoms with Crippen LogP contribution in [0.4, 0.5) is 0 Å². The first-order valence-electron chi connectivity index (χ1n) is 9.43. The fourth-order valence-corrected chi connectivity index (χ4v) is 3.76. The highest BCUT2D eigenvalue weighted by atomic mass is 16.3.